The Morgan fingerprint density at radius 3 is 2.09 bits per heavy atom. The molecule has 2 aliphatic heterocycles. The van der Waals surface area contributed by atoms with E-state index in [1.807, 2.05) is 42.7 Å². The Kier molecular flexibility index (Phi) is 12.0. The quantitative estimate of drug-likeness (QED) is 0.161. The summed E-state index contributed by atoms with van der Waals surface area (Å²) in [5.41, 5.74) is 2.62. The van der Waals surface area contributed by atoms with Gasteiger partial charge in [-0.1, -0.05) is 38.1 Å². The smallest absolute Gasteiger partial charge is 0.748 e. The van der Waals surface area contributed by atoms with Gasteiger partial charge in [-0.25, -0.2) is 16.8 Å². The molecule has 11 nitrogen and oxygen atoms in total. The van der Waals surface area contributed by atoms with Crippen molar-refractivity contribution in [1.29, 1.82) is 0 Å². The second-order valence-electron chi connectivity index (χ2n) is 11.0. The van der Waals surface area contributed by atoms with Gasteiger partial charge in [0, 0.05) is 41.1 Å². The molecule has 0 saturated carbocycles. The number of anilines is 1. The van der Waals surface area contributed by atoms with Crippen molar-refractivity contribution >= 4 is 47.4 Å². The third kappa shape index (κ3) is 8.29. The zero-order chi connectivity index (χ0) is 30.6. The van der Waals surface area contributed by atoms with Crippen molar-refractivity contribution in [3.8, 4) is 0 Å². The SMILES string of the molecule is CC1(C)C(C=C/C=C2/N(CCS(=O)(=O)[O-])c3ccc(S(=O)(=O)[O-])cc3C2(C)C)=[N+](CCS(=O)(=O)O)c2ccccc21.[Na+].[Na+]. The van der Waals surface area contributed by atoms with Gasteiger partial charge in [-0.15, -0.1) is 0 Å². The molecule has 4 rings (SSSR count). The second-order valence-corrected chi connectivity index (χ2v) is 15.5. The number of rotatable bonds is 9. The molecule has 1 N–H and O–H groups in total. The first-order valence-electron chi connectivity index (χ1n) is 12.6. The zero-order valence-electron chi connectivity index (χ0n) is 24.9. The molecule has 16 heteroatoms. The number of nitrogens with zero attached hydrogens (tertiary/aromatic N) is 2. The van der Waals surface area contributed by atoms with E-state index in [0.29, 0.717) is 16.9 Å². The molecule has 0 fully saturated rings. The monoisotopic (exact) mass is 669 g/mol. The summed E-state index contributed by atoms with van der Waals surface area (Å²) in [7, 11) is -13.6. The average Bonchev–Trinajstić information content (AvgIpc) is 3.18. The summed E-state index contributed by atoms with van der Waals surface area (Å²) < 4.78 is 104. The van der Waals surface area contributed by atoms with Gasteiger partial charge in [-0.05, 0) is 43.7 Å². The van der Waals surface area contributed by atoms with Crippen molar-refractivity contribution in [3.05, 3.63) is 77.5 Å². The van der Waals surface area contributed by atoms with Crippen LogP contribution in [0.25, 0.3) is 0 Å². The Bertz CT molecular complexity index is 1830. The molecule has 0 atom stereocenters. The molecular formula is C27H31N2Na2O9S3+. The zero-order valence-corrected chi connectivity index (χ0v) is 31.4. The molecule has 0 saturated heterocycles. The topological polar surface area (TPSA) is 175 Å². The van der Waals surface area contributed by atoms with Crippen molar-refractivity contribution in [2.75, 3.05) is 29.5 Å². The van der Waals surface area contributed by atoms with E-state index in [9.17, 15) is 38.9 Å². The van der Waals surface area contributed by atoms with Crippen molar-refractivity contribution in [3.63, 3.8) is 0 Å². The van der Waals surface area contributed by atoms with Crippen molar-refractivity contribution in [2.45, 2.75) is 43.4 Å². The van der Waals surface area contributed by atoms with E-state index < -0.39 is 57.6 Å². The van der Waals surface area contributed by atoms with E-state index in [-0.39, 0.29) is 72.2 Å². The number of hydrogen-bond donors (Lipinski definition) is 1. The summed E-state index contributed by atoms with van der Waals surface area (Å²) in [4.78, 5) is 1.19. The normalized spacial score (nSPS) is 18.4. The van der Waals surface area contributed by atoms with Gasteiger partial charge >= 0.3 is 59.1 Å². The van der Waals surface area contributed by atoms with Gasteiger partial charge in [0.2, 0.25) is 5.69 Å². The predicted octanol–water partition coefficient (Wildman–Crippen LogP) is -3.35. The predicted molar refractivity (Wildman–Crippen MR) is 152 cm³/mol. The Balaban J connectivity index is 0.00000323. The van der Waals surface area contributed by atoms with E-state index in [0.717, 1.165) is 23.0 Å². The molecule has 43 heavy (non-hydrogen) atoms. The standard InChI is InChI=1S/C27H32N2O9S3.2Na/c1-26(2)20-8-5-6-9-22(20)28(14-16-39(30,31)32)24(26)10-7-11-25-27(3,4)21-18-19(41(36,37)38)12-13-23(21)29(25)15-17-40(33,34)35;;/h5-13,18H,14-17H2,1-4H3,(H2-,30,31,32,33,34,35,36,37,38);;/q;2*+1/p-1. The van der Waals surface area contributed by atoms with Crippen LogP contribution in [0.4, 0.5) is 11.4 Å². The fourth-order valence-corrected chi connectivity index (χ4v) is 6.89. The largest absolute Gasteiger partial charge is 1.00 e. The fraction of sp³-hybridized carbons (Fsp3) is 0.370. The number of para-hydroxylation sites is 1. The summed E-state index contributed by atoms with van der Waals surface area (Å²) in [6.07, 6.45) is 5.23. The molecule has 0 spiro atoms. The first kappa shape index (κ1) is 38.3. The maximum atomic E-state index is 11.7. The van der Waals surface area contributed by atoms with Crippen LogP contribution in [0.1, 0.15) is 38.8 Å². The summed E-state index contributed by atoms with van der Waals surface area (Å²) >= 11 is 0. The van der Waals surface area contributed by atoms with Crippen molar-refractivity contribution in [1.82, 2.24) is 0 Å². The summed E-state index contributed by atoms with van der Waals surface area (Å²) in [6, 6.07) is 11.4. The number of fused-ring (bicyclic) bond motifs is 2. The Labute approximate surface area is 297 Å². The first-order valence-corrected chi connectivity index (χ1v) is 17.2. The van der Waals surface area contributed by atoms with Gasteiger partial charge in [0.1, 0.15) is 15.9 Å². The van der Waals surface area contributed by atoms with Crippen LogP contribution in [0.3, 0.4) is 0 Å². The minimum Gasteiger partial charge on any atom is -0.748 e. The van der Waals surface area contributed by atoms with Crippen LogP contribution in [0.2, 0.25) is 0 Å². The Morgan fingerprint density at radius 2 is 1.51 bits per heavy atom. The Morgan fingerprint density at radius 1 is 0.884 bits per heavy atom. The van der Waals surface area contributed by atoms with Crippen LogP contribution in [0, 0.1) is 0 Å². The molecular weight excluding hydrogens is 638 g/mol. The van der Waals surface area contributed by atoms with Crippen molar-refractivity contribution in [2.24, 2.45) is 0 Å². The molecule has 0 radical (unpaired) electrons. The van der Waals surface area contributed by atoms with Crippen LogP contribution in [0.5, 0.6) is 0 Å². The first-order chi connectivity index (χ1) is 18.7. The number of hydrogen-bond acceptors (Lipinski definition) is 9. The average molecular weight is 670 g/mol. The third-order valence-electron chi connectivity index (χ3n) is 7.60. The molecule has 0 amide bonds. The molecule has 2 aliphatic rings. The molecule has 0 aromatic heterocycles. The molecule has 2 aromatic carbocycles. The van der Waals surface area contributed by atoms with Crippen LogP contribution >= 0.6 is 0 Å². The third-order valence-corrected chi connectivity index (χ3v) is 9.81. The van der Waals surface area contributed by atoms with Gasteiger partial charge in [-0.2, -0.15) is 13.0 Å². The summed E-state index contributed by atoms with van der Waals surface area (Å²) in [5, 5.41) is 0. The minimum absolute atomic E-state index is 0. The molecule has 2 heterocycles. The second kappa shape index (κ2) is 13.5. The van der Waals surface area contributed by atoms with E-state index in [4.69, 9.17) is 0 Å². The molecule has 0 bridgehead atoms. The maximum absolute atomic E-state index is 11.7. The Hall–Kier alpha value is -0.880. The van der Waals surface area contributed by atoms with Gasteiger partial charge < -0.3 is 14.0 Å². The van der Waals surface area contributed by atoms with Crippen LogP contribution in [-0.4, -0.2) is 73.8 Å². The fourth-order valence-electron chi connectivity index (χ4n) is 5.57. The minimum atomic E-state index is -4.75. The van der Waals surface area contributed by atoms with E-state index >= 15 is 0 Å². The molecule has 222 valence electrons. The van der Waals surface area contributed by atoms with E-state index in [2.05, 4.69) is 0 Å². The van der Waals surface area contributed by atoms with Crippen LogP contribution in [-0.2, 0) is 41.2 Å². The number of allylic oxidation sites excluding steroid dienone is 4. The van der Waals surface area contributed by atoms with Crippen molar-refractivity contribution < 1.29 is 103 Å². The van der Waals surface area contributed by atoms with Gasteiger partial charge in [0.25, 0.3) is 10.1 Å². The summed E-state index contributed by atoms with van der Waals surface area (Å²) in [6.45, 7) is 7.36. The summed E-state index contributed by atoms with van der Waals surface area (Å²) in [5.74, 6) is -1.19. The maximum Gasteiger partial charge on any atom is 1.00 e. The van der Waals surface area contributed by atoms with Gasteiger partial charge in [-0.3, -0.25) is 4.55 Å². The molecule has 0 aliphatic carbocycles. The van der Waals surface area contributed by atoms with Crippen LogP contribution < -0.4 is 64.0 Å². The van der Waals surface area contributed by atoms with Gasteiger partial charge in [0.05, 0.1) is 26.2 Å². The molecule has 0 unspecified atom stereocenters. The molecule has 2 aromatic rings. The number of benzene rings is 2. The van der Waals surface area contributed by atoms with E-state index in [1.54, 1.807) is 37.0 Å². The van der Waals surface area contributed by atoms with Crippen LogP contribution in [0.15, 0.2) is 71.3 Å². The van der Waals surface area contributed by atoms with Gasteiger partial charge in [0.15, 0.2) is 12.3 Å². The van der Waals surface area contributed by atoms with E-state index in [1.165, 1.54) is 12.1 Å².